The monoisotopic (exact) mass is 373 g/mol. The van der Waals surface area contributed by atoms with E-state index in [1.165, 1.54) is 16.7 Å². The van der Waals surface area contributed by atoms with E-state index in [9.17, 15) is 4.79 Å². The molecule has 1 amide bonds. The molecule has 2 aromatic carbocycles. The van der Waals surface area contributed by atoms with E-state index in [0.29, 0.717) is 17.3 Å². The number of carbonyl (C=O) groups is 1. The molecule has 0 saturated carbocycles. The van der Waals surface area contributed by atoms with Crippen molar-refractivity contribution in [2.45, 2.75) is 32.6 Å². The van der Waals surface area contributed by atoms with Gasteiger partial charge in [0.05, 0.1) is 26.0 Å². The Hall–Kier alpha value is -2.14. The molecule has 0 bridgehead atoms. The fourth-order valence-corrected chi connectivity index (χ4v) is 3.68. The number of methoxy groups -OCH3 is 2. The molecule has 0 heterocycles. The minimum absolute atomic E-state index is 0.0293. The zero-order valence-corrected chi connectivity index (χ0v) is 16.9. The van der Waals surface area contributed by atoms with Gasteiger partial charge in [-0.2, -0.15) is 0 Å². The summed E-state index contributed by atoms with van der Waals surface area (Å²) in [6.45, 7) is 6.16. The highest BCUT2D eigenvalue weighted by Crippen LogP contribution is 2.29. The highest BCUT2D eigenvalue weighted by Gasteiger charge is 2.13. The van der Waals surface area contributed by atoms with Gasteiger partial charge in [-0.25, -0.2) is 0 Å². The summed E-state index contributed by atoms with van der Waals surface area (Å²) in [5.74, 6) is 2.64. The Kier molecular flexibility index (Phi) is 7.39. The second-order valence-corrected chi connectivity index (χ2v) is 7.38. The van der Waals surface area contributed by atoms with E-state index in [4.69, 9.17) is 9.47 Å². The van der Waals surface area contributed by atoms with Gasteiger partial charge in [-0.05, 0) is 44.0 Å². The molecule has 2 rings (SSSR count). The number of ether oxygens (including phenoxy) is 2. The Bertz CT molecular complexity index is 741. The summed E-state index contributed by atoms with van der Waals surface area (Å²) in [5, 5.41) is 3.04. The third-order valence-electron chi connectivity index (χ3n) is 4.07. The maximum Gasteiger partial charge on any atom is 0.230 e. The molecule has 26 heavy (non-hydrogen) atoms. The topological polar surface area (TPSA) is 47.6 Å². The second kappa shape index (κ2) is 9.53. The zero-order chi connectivity index (χ0) is 19.1. The van der Waals surface area contributed by atoms with Gasteiger partial charge in [0.25, 0.3) is 0 Å². The van der Waals surface area contributed by atoms with Gasteiger partial charge in [0.1, 0.15) is 0 Å². The van der Waals surface area contributed by atoms with Crippen molar-refractivity contribution in [1.29, 1.82) is 0 Å². The van der Waals surface area contributed by atoms with E-state index in [1.807, 2.05) is 25.1 Å². The number of hydrogen-bond donors (Lipinski definition) is 1. The normalized spacial score (nSPS) is 11.7. The van der Waals surface area contributed by atoms with E-state index in [0.717, 1.165) is 11.3 Å². The summed E-state index contributed by atoms with van der Waals surface area (Å²) in [7, 11) is 3.21. The van der Waals surface area contributed by atoms with Crippen molar-refractivity contribution in [3.8, 4) is 11.5 Å². The summed E-state index contributed by atoms with van der Waals surface area (Å²) < 4.78 is 10.6. The van der Waals surface area contributed by atoms with Crippen molar-refractivity contribution in [1.82, 2.24) is 5.32 Å². The quantitative estimate of drug-likeness (QED) is 0.743. The predicted molar refractivity (Wildman–Crippen MR) is 108 cm³/mol. The van der Waals surface area contributed by atoms with Crippen LogP contribution in [0.2, 0.25) is 0 Å². The van der Waals surface area contributed by atoms with Crippen molar-refractivity contribution in [2.75, 3.05) is 20.0 Å². The number of amides is 1. The minimum atomic E-state index is -0.0934. The Labute approximate surface area is 160 Å². The minimum Gasteiger partial charge on any atom is -0.493 e. The van der Waals surface area contributed by atoms with Crippen LogP contribution in [0.15, 0.2) is 36.4 Å². The van der Waals surface area contributed by atoms with Crippen LogP contribution in [0.4, 0.5) is 0 Å². The molecule has 0 spiro atoms. The molecule has 5 heteroatoms. The maximum absolute atomic E-state index is 12.2. The Morgan fingerprint density at radius 3 is 2.31 bits per heavy atom. The fourth-order valence-electron chi connectivity index (χ4n) is 2.90. The van der Waals surface area contributed by atoms with Crippen molar-refractivity contribution < 1.29 is 14.3 Å². The first kappa shape index (κ1) is 20.2. The van der Waals surface area contributed by atoms with Crippen LogP contribution in [0.3, 0.4) is 0 Å². The van der Waals surface area contributed by atoms with E-state index in [1.54, 1.807) is 26.0 Å². The summed E-state index contributed by atoms with van der Waals surface area (Å²) in [5.41, 5.74) is 4.75. The van der Waals surface area contributed by atoms with Crippen molar-refractivity contribution in [2.24, 2.45) is 0 Å². The third kappa shape index (κ3) is 5.70. The molecule has 2 aromatic rings. The first-order valence-corrected chi connectivity index (χ1v) is 9.74. The van der Waals surface area contributed by atoms with Gasteiger partial charge in [0, 0.05) is 5.75 Å². The van der Waals surface area contributed by atoms with E-state index < -0.39 is 0 Å². The molecule has 0 aromatic heterocycles. The standard InChI is InChI=1S/C21H27NO3S/c1-14-8-15(2)10-17(9-14)12-26-13-21(23)22-16(3)18-6-7-19(24-4)20(11-18)25-5/h6-11,16H,12-13H2,1-5H3,(H,22,23). The molecule has 0 aliphatic carbocycles. The zero-order valence-electron chi connectivity index (χ0n) is 16.1. The molecule has 1 unspecified atom stereocenters. The number of benzene rings is 2. The molecule has 0 aliphatic rings. The van der Waals surface area contributed by atoms with Crippen molar-refractivity contribution in [3.05, 3.63) is 58.7 Å². The molecule has 4 nitrogen and oxygen atoms in total. The maximum atomic E-state index is 12.2. The number of hydrogen-bond acceptors (Lipinski definition) is 4. The van der Waals surface area contributed by atoms with Gasteiger partial charge in [-0.15, -0.1) is 11.8 Å². The van der Waals surface area contributed by atoms with Gasteiger partial charge in [0.15, 0.2) is 11.5 Å². The average Bonchev–Trinajstić information content (AvgIpc) is 2.60. The lowest BCUT2D eigenvalue weighted by Crippen LogP contribution is -2.28. The van der Waals surface area contributed by atoms with Crippen LogP contribution >= 0.6 is 11.8 Å². The Morgan fingerprint density at radius 1 is 1.04 bits per heavy atom. The highest BCUT2D eigenvalue weighted by atomic mass is 32.2. The molecular weight excluding hydrogens is 346 g/mol. The van der Waals surface area contributed by atoms with Gasteiger partial charge >= 0.3 is 0 Å². The van der Waals surface area contributed by atoms with Crippen LogP contribution < -0.4 is 14.8 Å². The lowest BCUT2D eigenvalue weighted by atomic mass is 10.1. The van der Waals surface area contributed by atoms with Crippen LogP contribution in [-0.4, -0.2) is 25.9 Å². The first-order chi connectivity index (χ1) is 12.4. The third-order valence-corrected chi connectivity index (χ3v) is 5.07. The van der Waals surface area contributed by atoms with E-state index in [-0.39, 0.29) is 11.9 Å². The van der Waals surface area contributed by atoms with Crippen LogP contribution in [0.25, 0.3) is 0 Å². The fraction of sp³-hybridized carbons (Fsp3) is 0.381. The Balaban J connectivity index is 1.87. The van der Waals surface area contributed by atoms with Gasteiger partial charge in [-0.1, -0.05) is 35.4 Å². The summed E-state index contributed by atoms with van der Waals surface area (Å²) in [6, 6.07) is 12.1. The van der Waals surface area contributed by atoms with E-state index in [2.05, 4.69) is 37.4 Å². The molecular formula is C21H27NO3S. The lowest BCUT2D eigenvalue weighted by molar-refractivity contribution is -0.119. The van der Waals surface area contributed by atoms with Crippen LogP contribution in [-0.2, 0) is 10.5 Å². The smallest absolute Gasteiger partial charge is 0.230 e. The molecule has 1 N–H and O–H groups in total. The number of aryl methyl sites for hydroxylation is 2. The van der Waals surface area contributed by atoms with Gasteiger partial charge in [-0.3, -0.25) is 4.79 Å². The second-order valence-electron chi connectivity index (χ2n) is 6.39. The number of thioether (sulfide) groups is 1. The van der Waals surface area contributed by atoms with Crippen LogP contribution in [0, 0.1) is 13.8 Å². The summed E-state index contributed by atoms with van der Waals surface area (Å²) in [6.07, 6.45) is 0. The molecule has 0 saturated heterocycles. The SMILES string of the molecule is COc1ccc(C(C)NC(=O)CSCc2cc(C)cc(C)c2)cc1OC. The largest absolute Gasteiger partial charge is 0.493 e. The van der Waals surface area contributed by atoms with Gasteiger partial charge in [0.2, 0.25) is 5.91 Å². The number of carbonyl (C=O) groups excluding carboxylic acids is 1. The molecule has 1 atom stereocenters. The Morgan fingerprint density at radius 2 is 1.69 bits per heavy atom. The molecule has 0 radical (unpaired) electrons. The average molecular weight is 374 g/mol. The summed E-state index contributed by atoms with van der Waals surface area (Å²) in [4.78, 5) is 12.2. The molecule has 140 valence electrons. The van der Waals surface area contributed by atoms with E-state index >= 15 is 0 Å². The lowest BCUT2D eigenvalue weighted by Gasteiger charge is -2.16. The first-order valence-electron chi connectivity index (χ1n) is 8.59. The van der Waals surface area contributed by atoms with Crippen molar-refractivity contribution >= 4 is 17.7 Å². The van der Waals surface area contributed by atoms with Crippen LogP contribution in [0.1, 0.15) is 35.2 Å². The number of nitrogens with one attached hydrogen (secondary N) is 1. The van der Waals surface area contributed by atoms with Crippen LogP contribution in [0.5, 0.6) is 11.5 Å². The van der Waals surface area contributed by atoms with Gasteiger partial charge < -0.3 is 14.8 Å². The predicted octanol–water partition coefficient (Wildman–Crippen LogP) is 4.43. The molecule has 0 aliphatic heterocycles. The highest BCUT2D eigenvalue weighted by molar-refractivity contribution is 7.99. The summed E-state index contributed by atoms with van der Waals surface area (Å²) >= 11 is 1.63. The van der Waals surface area contributed by atoms with Crippen molar-refractivity contribution in [3.63, 3.8) is 0 Å². The molecule has 0 fully saturated rings. The number of rotatable bonds is 8.